The molecular weight excluding hydrogens is 532 g/mol. The molecule has 37 heavy (non-hydrogen) atoms. The van der Waals surface area contributed by atoms with E-state index in [9.17, 15) is 13.2 Å². The molecule has 0 fully saturated rings. The van der Waals surface area contributed by atoms with Crippen LogP contribution in [-0.2, 0) is 21.2 Å². The Labute approximate surface area is 227 Å². The number of hydrogen-bond acceptors (Lipinski definition) is 6. The zero-order chi connectivity index (χ0) is 26.6. The van der Waals surface area contributed by atoms with Gasteiger partial charge in [0.15, 0.2) is 0 Å². The molecule has 0 bridgehead atoms. The van der Waals surface area contributed by atoms with Crippen molar-refractivity contribution in [3.05, 3.63) is 74.9 Å². The highest BCUT2D eigenvalue weighted by Crippen LogP contribution is 2.34. The summed E-state index contributed by atoms with van der Waals surface area (Å²) in [5, 5.41) is 2.69. The summed E-state index contributed by atoms with van der Waals surface area (Å²) in [6.45, 7) is 4.57. The van der Waals surface area contributed by atoms with Crippen LogP contribution in [0.5, 0.6) is 11.5 Å². The Balaban J connectivity index is 1.55. The van der Waals surface area contributed by atoms with Crippen LogP contribution in [0.15, 0.2) is 58.8 Å². The SMILES string of the molecule is CCCN(CC(=O)N1CCc2sccc2[C@H]1COc1ccc(Cl)c(C)c1)S(=O)(=O)c1ccc(OC)cc1. The van der Waals surface area contributed by atoms with Crippen LogP contribution in [0.3, 0.4) is 0 Å². The number of sulfonamides is 1. The van der Waals surface area contributed by atoms with Crippen LogP contribution in [-0.4, -0.2) is 56.9 Å². The van der Waals surface area contributed by atoms with Crippen molar-refractivity contribution in [3.8, 4) is 11.5 Å². The van der Waals surface area contributed by atoms with Crippen LogP contribution in [0, 0.1) is 6.92 Å². The first-order chi connectivity index (χ1) is 17.7. The zero-order valence-corrected chi connectivity index (χ0v) is 23.5. The third kappa shape index (κ3) is 6.12. The summed E-state index contributed by atoms with van der Waals surface area (Å²) in [5.41, 5.74) is 1.96. The number of halogens is 1. The van der Waals surface area contributed by atoms with Gasteiger partial charge in [0.2, 0.25) is 15.9 Å². The van der Waals surface area contributed by atoms with Crippen molar-refractivity contribution >= 4 is 38.9 Å². The monoisotopic (exact) mass is 562 g/mol. The van der Waals surface area contributed by atoms with Gasteiger partial charge in [0.1, 0.15) is 18.1 Å². The van der Waals surface area contributed by atoms with Gasteiger partial charge in [0.25, 0.3) is 0 Å². The van der Waals surface area contributed by atoms with Gasteiger partial charge in [-0.1, -0.05) is 18.5 Å². The van der Waals surface area contributed by atoms with Gasteiger partial charge in [0, 0.05) is 23.0 Å². The van der Waals surface area contributed by atoms with Crippen LogP contribution in [0.1, 0.15) is 35.4 Å². The van der Waals surface area contributed by atoms with E-state index in [1.807, 2.05) is 37.4 Å². The van der Waals surface area contributed by atoms with E-state index in [1.165, 1.54) is 28.4 Å². The first kappa shape index (κ1) is 27.4. The lowest BCUT2D eigenvalue weighted by Gasteiger charge is -2.37. The summed E-state index contributed by atoms with van der Waals surface area (Å²) < 4.78 is 39.4. The quantitative estimate of drug-likeness (QED) is 0.334. The molecule has 0 unspecified atom stereocenters. The van der Waals surface area contributed by atoms with Gasteiger partial charge >= 0.3 is 0 Å². The average Bonchev–Trinajstić information content (AvgIpc) is 3.38. The predicted octanol–water partition coefficient (Wildman–Crippen LogP) is 5.32. The molecule has 1 atom stereocenters. The van der Waals surface area contributed by atoms with Gasteiger partial charge in [-0.3, -0.25) is 4.79 Å². The van der Waals surface area contributed by atoms with Gasteiger partial charge in [0.05, 0.1) is 24.6 Å². The number of methoxy groups -OCH3 is 1. The van der Waals surface area contributed by atoms with Gasteiger partial charge in [-0.2, -0.15) is 4.31 Å². The molecule has 0 saturated heterocycles. The van der Waals surface area contributed by atoms with Crippen LogP contribution < -0.4 is 9.47 Å². The van der Waals surface area contributed by atoms with E-state index in [-0.39, 0.29) is 36.5 Å². The Hall–Kier alpha value is -2.59. The first-order valence-corrected chi connectivity index (χ1v) is 14.8. The largest absolute Gasteiger partial charge is 0.497 e. The van der Waals surface area contributed by atoms with Crippen molar-refractivity contribution < 1.29 is 22.7 Å². The van der Waals surface area contributed by atoms with E-state index < -0.39 is 10.0 Å². The molecule has 2 heterocycles. The second-order valence-electron chi connectivity index (χ2n) is 8.89. The number of fused-ring (bicyclic) bond motifs is 1. The third-order valence-corrected chi connectivity index (χ3v) is 9.71. The summed E-state index contributed by atoms with van der Waals surface area (Å²) in [6.07, 6.45) is 1.31. The van der Waals surface area contributed by atoms with Crippen molar-refractivity contribution in [2.75, 3.05) is 33.4 Å². The second-order valence-corrected chi connectivity index (χ2v) is 12.2. The highest BCUT2D eigenvalue weighted by atomic mass is 35.5. The van der Waals surface area contributed by atoms with Crippen LogP contribution in [0.2, 0.25) is 5.02 Å². The number of benzene rings is 2. The highest BCUT2D eigenvalue weighted by molar-refractivity contribution is 7.89. The van der Waals surface area contributed by atoms with E-state index in [1.54, 1.807) is 34.4 Å². The normalized spacial score (nSPS) is 15.5. The number of carbonyl (C=O) groups is 1. The highest BCUT2D eigenvalue weighted by Gasteiger charge is 2.35. The number of carbonyl (C=O) groups excluding carboxylic acids is 1. The molecule has 10 heteroatoms. The molecule has 1 aliphatic heterocycles. The van der Waals surface area contributed by atoms with Crippen molar-refractivity contribution in [3.63, 3.8) is 0 Å². The van der Waals surface area contributed by atoms with Crippen molar-refractivity contribution in [1.82, 2.24) is 9.21 Å². The number of thiophene rings is 1. The van der Waals surface area contributed by atoms with Crippen LogP contribution >= 0.6 is 22.9 Å². The molecule has 198 valence electrons. The smallest absolute Gasteiger partial charge is 0.243 e. The van der Waals surface area contributed by atoms with Crippen LogP contribution in [0.4, 0.5) is 0 Å². The second kappa shape index (κ2) is 11.9. The number of nitrogens with zero attached hydrogens (tertiary/aromatic N) is 2. The van der Waals surface area contributed by atoms with E-state index in [0.29, 0.717) is 29.5 Å². The Morgan fingerprint density at radius 3 is 2.57 bits per heavy atom. The maximum absolute atomic E-state index is 13.6. The van der Waals surface area contributed by atoms with Crippen LogP contribution in [0.25, 0.3) is 0 Å². The number of rotatable bonds is 10. The fraction of sp³-hybridized carbons (Fsp3) is 0.370. The lowest BCUT2D eigenvalue weighted by Crippen LogP contribution is -2.48. The maximum Gasteiger partial charge on any atom is 0.243 e. The standard InChI is InChI=1S/C27H31ClN2O5S2/c1-4-13-29(37(32,33)22-8-5-20(34-3)6-9-22)17-27(31)30-14-11-26-23(12-15-36-26)25(30)18-35-21-7-10-24(28)19(2)16-21/h5-10,12,15-16,25H,4,11,13-14,17-18H2,1-3H3/t25-/m1/s1. The van der Waals surface area contributed by atoms with Gasteiger partial charge in [-0.05, 0) is 84.8 Å². The third-order valence-electron chi connectivity index (χ3n) is 6.43. The molecule has 7 nitrogen and oxygen atoms in total. The minimum absolute atomic E-state index is 0.131. The topological polar surface area (TPSA) is 76.2 Å². The summed E-state index contributed by atoms with van der Waals surface area (Å²) in [4.78, 5) is 16.8. The minimum atomic E-state index is -3.86. The van der Waals surface area contributed by atoms with E-state index in [0.717, 1.165) is 17.5 Å². The molecular formula is C27H31ClN2O5S2. The van der Waals surface area contributed by atoms with Gasteiger partial charge in [-0.25, -0.2) is 8.42 Å². The molecule has 3 aromatic rings. The molecule has 1 amide bonds. The predicted molar refractivity (Wildman–Crippen MR) is 146 cm³/mol. The Bertz CT molecular complexity index is 1340. The zero-order valence-electron chi connectivity index (χ0n) is 21.1. The summed E-state index contributed by atoms with van der Waals surface area (Å²) >= 11 is 7.82. The molecule has 0 aliphatic carbocycles. The van der Waals surface area contributed by atoms with Crippen molar-refractivity contribution in [2.45, 2.75) is 37.6 Å². The van der Waals surface area contributed by atoms with Gasteiger partial charge in [-0.15, -0.1) is 11.3 Å². The Morgan fingerprint density at radius 2 is 1.89 bits per heavy atom. The Morgan fingerprint density at radius 1 is 1.16 bits per heavy atom. The van der Waals surface area contributed by atoms with Crippen molar-refractivity contribution in [2.24, 2.45) is 0 Å². The number of hydrogen-bond donors (Lipinski definition) is 0. The fourth-order valence-electron chi connectivity index (χ4n) is 4.43. The maximum atomic E-state index is 13.6. The molecule has 0 spiro atoms. The number of ether oxygens (including phenoxy) is 2. The summed E-state index contributed by atoms with van der Waals surface area (Å²) in [7, 11) is -2.34. The molecule has 2 aromatic carbocycles. The van der Waals surface area contributed by atoms with E-state index in [4.69, 9.17) is 21.1 Å². The molecule has 0 N–H and O–H groups in total. The number of amides is 1. The minimum Gasteiger partial charge on any atom is -0.497 e. The van der Waals surface area contributed by atoms with E-state index >= 15 is 0 Å². The first-order valence-electron chi connectivity index (χ1n) is 12.1. The Kier molecular flexibility index (Phi) is 8.79. The fourth-order valence-corrected chi connectivity index (χ4v) is 6.96. The van der Waals surface area contributed by atoms with E-state index in [2.05, 4.69) is 0 Å². The summed E-state index contributed by atoms with van der Waals surface area (Å²) in [6, 6.07) is 13.4. The molecule has 1 aliphatic rings. The number of aryl methyl sites for hydroxylation is 1. The molecule has 4 rings (SSSR count). The summed E-state index contributed by atoms with van der Waals surface area (Å²) in [5.74, 6) is 0.991. The molecule has 0 saturated carbocycles. The average molecular weight is 563 g/mol. The molecule has 0 radical (unpaired) electrons. The molecule has 1 aromatic heterocycles. The lowest BCUT2D eigenvalue weighted by atomic mass is 10.0. The van der Waals surface area contributed by atoms with Gasteiger partial charge < -0.3 is 14.4 Å². The van der Waals surface area contributed by atoms with Crippen molar-refractivity contribution in [1.29, 1.82) is 0 Å². The lowest BCUT2D eigenvalue weighted by molar-refractivity contribution is -0.135.